The third-order valence-electron chi connectivity index (χ3n) is 4.12. The number of carbonyl (C=O) groups excluding carboxylic acids is 1. The first kappa shape index (κ1) is 18.4. The highest BCUT2D eigenvalue weighted by molar-refractivity contribution is 6.32. The summed E-state index contributed by atoms with van der Waals surface area (Å²) in [5.41, 5.74) is 2.89. The van der Waals surface area contributed by atoms with Crippen molar-refractivity contribution in [2.45, 2.75) is 13.8 Å². The van der Waals surface area contributed by atoms with Crippen LogP contribution in [-0.2, 0) is 9.53 Å². The van der Waals surface area contributed by atoms with Crippen molar-refractivity contribution in [2.24, 2.45) is 0 Å². The summed E-state index contributed by atoms with van der Waals surface area (Å²) in [6, 6.07) is 7.35. The topological polar surface area (TPSA) is 67.3 Å². The number of nitrogens with one attached hydrogen (secondary N) is 1. The Morgan fingerprint density at radius 3 is 2.50 bits per heavy atom. The molecule has 0 spiro atoms. The third-order valence-corrected chi connectivity index (χ3v) is 4.46. The summed E-state index contributed by atoms with van der Waals surface area (Å²) < 4.78 is 5.36. The second-order valence-electron chi connectivity index (χ2n) is 6.01. The van der Waals surface area contributed by atoms with Crippen LogP contribution in [0.4, 0.5) is 11.6 Å². The van der Waals surface area contributed by atoms with Crippen molar-refractivity contribution in [3.05, 3.63) is 52.3 Å². The molecule has 0 atom stereocenters. The first-order valence-corrected chi connectivity index (χ1v) is 8.84. The number of amides is 1. The number of morpholine rings is 1. The Hall–Kier alpha value is -2.44. The summed E-state index contributed by atoms with van der Waals surface area (Å²) in [4.78, 5) is 23.4. The van der Waals surface area contributed by atoms with Gasteiger partial charge in [0.05, 0.1) is 30.3 Å². The molecule has 2 heterocycles. The van der Waals surface area contributed by atoms with Crippen molar-refractivity contribution >= 4 is 35.2 Å². The average molecular weight is 373 g/mol. The third kappa shape index (κ3) is 4.39. The van der Waals surface area contributed by atoms with Crippen molar-refractivity contribution in [1.82, 2.24) is 9.97 Å². The minimum atomic E-state index is -0.251. The minimum Gasteiger partial charge on any atom is -0.378 e. The summed E-state index contributed by atoms with van der Waals surface area (Å²) in [6.07, 6.45) is 3.14. The van der Waals surface area contributed by atoms with Gasteiger partial charge in [-0.25, -0.2) is 9.97 Å². The quantitative estimate of drug-likeness (QED) is 0.834. The number of ether oxygens (including phenoxy) is 1. The van der Waals surface area contributed by atoms with E-state index in [1.54, 1.807) is 12.1 Å². The molecule has 1 aliphatic heterocycles. The van der Waals surface area contributed by atoms with Gasteiger partial charge in [0.25, 0.3) is 0 Å². The van der Waals surface area contributed by atoms with Gasteiger partial charge in [-0.1, -0.05) is 29.8 Å². The van der Waals surface area contributed by atoms with Crippen LogP contribution in [-0.4, -0.2) is 42.2 Å². The molecular weight excluding hydrogens is 352 g/mol. The fourth-order valence-electron chi connectivity index (χ4n) is 2.72. The van der Waals surface area contributed by atoms with E-state index in [2.05, 4.69) is 20.2 Å². The molecular formula is C19H21ClN4O2. The molecule has 7 heteroatoms. The molecule has 136 valence electrons. The molecule has 1 aromatic heterocycles. The molecule has 0 saturated carbocycles. The van der Waals surface area contributed by atoms with Crippen LogP contribution in [0.25, 0.3) is 6.08 Å². The van der Waals surface area contributed by atoms with Gasteiger partial charge in [0.15, 0.2) is 0 Å². The fraction of sp³-hybridized carbons (Fsp3) is 0.316. The number of carbonyl (C=O) groups is 1. The van der Waals surface area contributed by atoms with E-state index >= 15 is 0 Å². The molecule has 0 aliphatic carbocycles. The molecule has 1 amide bonds. The second kappa shape index (κ2) is 8.29. The first-order valence-electron chi connectivity index (χ1n) is 8.46. The Bertz CT molecular complexity index is 809. The van der Waals surface area contributed by atoms with Crippen LogP contribution in [0.2, 0.25) is 5.02 Å². The van der Waals surface area contributed by atoms with E-state index in [1.807, 2.05) is 32.0 Å². The highest BCUT2D eigenvalue weighted by atomic mass is 35.5. The molecule has 6 nitrogen and oxygen atoms in total. The van der Waals surface area contributed by atoms with Gasteiger partial charge >= 0.3 is 0 Å². The SMILES string of the molecule is Cc1nc(N2CCOCC2)nc(C)c1NC(=O)/C=C/c1ccccc1Cl. The summed E-state index contributed by atoms with van der Waals surface area (Å²) in [5, 5.41) is 3.46. The van der Waals surface area contributed by atoms with E-state index in [-0.39, 0.29) is 5.91 Å². The van der Waals surface area contributed by atoms with Gasteiger partial charge in [-0.2, -0.15) is 0 Å². The second-order valence-corrected chi connectivity index (χ2v) is 6.42. The smallest absolute Gasteiger partial charge is 0.248 e. The molecule has 1 aliphatic rings. The Balaban J connectivity index is 1.73. The van der Waals surface area contributed by atoms with Gasteiger partial charge in [0, 0.05) is 24.2 Å². The van der Waals surface area contributed by atoms with Gasteiger partial charge in [0.2, 0.25) is 11.9 Å². The number of anilines is 2. The Kier molecular flexibility index (Phi) is 5.85. The lowest BCUT2D eigenvalue weighted by atomic mass is 10.2. The lowest BCUT2D eigenvalue weighted by Gasteiger charge is -2.27. The largest absolute Gasteiger partial charge is 0.378 e. The maximum absolute atomic E-state index is 12.3. The van der Waals surface area contributed by atoms with Gasteiger partial charge in [0.1, 0.15) is 0 Å². The number of rotatable bonds is 4. The summed E-state index contributed by atoms with van der Waals surface area (Å²) in [7, 11) is 0. The van der Waals surface area contributed by atoms with Crippen molar-refractivity contribution in [2.75, 3.05) is 36.5 Å². The van der Waals surface area contributed by atoms with Gasteiger partial charge in [-0.15, -0.1) is 0 Å². The Morgan fingerprint density at radius 2 is 1.85 bits per heavy atom. The summed E-state index contributed by atoms with van der Waals surface area (Å²) in [5.74, 6) is 0.423. The molecule has 2 aromatic rings. The van der Waals surface area contributed by atoms with Gasteiger partial charge in [-0.3, -0.25) is 4.79 Å². The molecule has 1 aromatic carbocycles. The molecule has 1 fully saturated rings. The average Bonchev–Trinajstić information content (AvgIpc) is 2.64. The molecule has 3 rings (SSSR count). The lowest BCUT2D eigenvalue weighted by Crippen LogP contribution is -2.37. The zero-order valence-corrected chi connectivity index (χ0v) is 15.6. The highest BCUT2D eigenvalue weighted by Crippen LogP contribution is 2.21. The Morgan fingerprint density at radius 1 is 1.19 bits per heavy atom. The van der Waals surface area contributed by atoms with E-state index in [0.717, 1.165) is 30.0 Å². The molecule has 0 unspecified atom stereocenters. The number of aromatic nitrogens is 2. The highest BCUT2D eigenvalue weighted by Gasteiger charge is 2.17. The molecule has 0 bridgehead atoms. The number of aryl methyl sites for hydroxylation is 2. The maximum atomic E-state index is 12.3. The van der Waals surface area contributed by atoms with E-state index < -0.39 is 0 Å². The normalized spacial score (nSPS) is 14.7. The van der Waals surface area contributed by atoms with E-state index in [4.69, 9.17) is 16.3 Å². The van der Waals surface area contributed by atoms with E-state index in [9.17, 15) is 4.79 Å². The van der Waals surface area contributed by atoms with E-state index in [0.29, 0.717) is 29.9 Å². The number of halogens is 1. The summed E-state index contributed by atoms with van der Waals surface area (Å²) in [6.45, 7) is 6.62. The van der Waals surface area contributed by atoms with Crippen LogP contribution in [0.15, 0.2) is 30.3 Å². The zero-order chi connectivity index (χ0) is 18.5. The van der Waals surface area contributed by atoms with E-state index in [1.165, 1.54) is 6.08 Å². The number of benzene rings is 1. The van der Waals surface area contributed by atoms with Gasteiger partial charge in [-0.05, 0) is 31.6 Å². The minimum absolute atomic E-state index is 0.251. The van der Waals surface area contributed by atoms with Crippen molar-refractivity contribution in [3.63, 3.8) is 0 Å². The van der Waals surface area contributed by atoms with Crippen LogP contribution in [0.3, 0.4) is 0 Å². The summed E-state index contributed by atoms with van der Waals surface area (Å²) >= 11 is 6.09. The number of hydrogen-bond acceptors (Lipinski definition) is 5. The molecule has 1 N–H and O–H groups in total. The molecule has 0 radical (unpaired) electrons. The predicted molar refractivity (Wildman–Crippen MR) is 104 cm³/mol. The van der Waals surface area contributed by atoms with Crippen LogP contribution in [0.1, 0.15) is 17.0 Å². The van der Waals surface area contributed by atoms with Crippen molar-refractivity contribution in [1.29, 1.82) is 0 Å². The van der Waals surface area contributed by atoms with Crippen molar-refractivity contribution in [3.8, 4) is 0 Å². The maximum Gasteiger partial charge on any atom is 0.248 e. The van der Waals surface area contributed by atoms with Crippen LogP contribution in [0.5, 0.6) is 0 Å². The van der Waals surface area contributed by atoms with Crippen LogP contribution in [0, 0.1) is 13.8 Å². The number of hydrogen-bond donors (Lipinski definition) is 1. The standard InChI is InChI=1S/C19H21ClN4O2/c1-13-18(14(2)22-19(21-13)24-9-11-26-12-10-24)23-17(25)8-7-15-5-3-4-6-16(15)20/h3-8H,9-12H2,1-2H3,(H,23,25)/b8-7+. The fourth-order valence-corrected chi connectivity index (χ4v) is 2.92. The molecule has 26 heavy (non-hydrogen) atoms. The first-order chi connectivity index (χ1) is 12.5. The predicted octanol–water partition coefficient (Wildman–Crippen LogP) is 3.24. The van der Waals surface area contributed by atoms with Crippen LogP contribution < -0.4 is 10.2 Å². The zero-order valence-electron chi connectivity index (χ0n) is 14.8. The van der Waals surface area contributed by atoms with Gasteiger partial charge < -0.3 is 15.0 Å². The monoisotopic (exact) mass is 372 g/mol. The lowest BCUT2D eigenvalue weighted by molar-refractivity contribution is -0.111. The van der Waals surface area contributed by atoms with Crippen molar-refractivity contribution < 1.29 is 9.53 Å². The number of nitrogens with zero attached hydrogens (tertiary/aromatic N) is 3. The van der Waals surface area contributed by atoms with Crippen LogP contribution >= 0.6 is 11.6 Å². The molecule has 1 saturated heterocycles. The Labute approximate surface area is 157 Å².